The predicted molar refractivity (Wildman–Crippen MR) is 53.4 cm³/mol. The van der Waals surface area contributed by atoms with E-state index in [1.54, 1.807) is 0 Å². The van der Waals surface area contributed by atoms with Gasteiger partial charge in [0.15, 0.2) is 5.78 Å². The van der Waals surface area contributed by atoms with Gasteiger partial charge >= 0.3 is 0 Å². The highest BCUT2D eigenvalue weighted by atomic mass is 16.1. The molecule has 1 atom stereocenters. The molecule has 0 amide bonds. The summed E-state index contributed by atoms with van der Waals surface area (Å²) in [4.78, 5) is 11.6. The third kappa shape index (κ3) is 1.27. The molecule has 2 aliphatic carbocycles. The summed E-state index contributed by atoms with van der Waals surface area (Å²) in [5.74, 6) is 0.742. The van der Waals surface area contributed by atoms with E-state index in [-0.39, 0.29) is 5.41 Å². The molecular weight excluding hydrogens is 160 g/mol. The molecule has 0 aromatic heterocycles. The summed E-state index contributed by atoms with van der Waals surface area (Å²) in [5.41, 5.74) is 2.58. The lowest BCUT2D eigenvalue weighted by Gasteiger charge is -2.36. The first-order chi connectivity index (χ1) is 6.00. The van der Waals surface area contributed by atoms with Gasteiger partial charge in [-0.3, -0.25) is 4.79 Å². The Morgan fingerprint density at radius 3 is 2.77 bits per heavy atom. The molecule has 0 radical (unpaired) electrons. The first kappa shape index (κ1) is 8.74. The van der Waals surface area contributed by atoms with Crippen molar-refractivity contribution in [2.75, 3.05) is 0 Å². The van der Waals surface area contributed by atoms with E-state index in [1.807, 2.05) is 0 Å². The lowest BCUT2D eigenvalue weighted by atomic mass is 9.67. The van der Waals surface area contributed by atoms with Gasteiger partial charge in [-0.1, -0.05) is 31.6 Å². The highest BCUT2D eigenvalue weighted by Crippen LogP contribution is 2.46. The van der Waals surface area contributed by atoms with Crippen LogP contribution in [0.15, 0.2) is 23.3 Å². The standard InChI is InChI=1S/C12H16O/c1-8-6-9-10(7-8)12(2,3)5-4-11(9)13/h6-7,10H,4-5H2,1-3H3. The second-order valence-corrected chi connectivity index (χ2v) is 4.90. The Morgan fingerprint density at radius 1 is 1.46 bits per heavy atom. The van der Waals surface area contributed by atoms with E-state index in [4.69, 9.17) is 0 Å². The molecule has 0 spiro atoms. The summed E-state index contributed by atoms with van der Waals surface area (Å²) in [6.07, 6.45) is 6.06. The van der Waals surface area contributed by atoms with E-state index >= 15 is 0 Å². The van der Waals surface area contributed by atoms with E-state index in [2.05, 4.69) is 32.9 Å². The first-order valence-corrected chi connectivity index (χ1v) is 4.94. The normalized spacial score (nSPS) is 31.0. The van der Waals surface area contributed by atoms with Crippen molar-refractivity contribution in [2.45, 2.75) is 33.6 Å². The van der Waals surface area contributed by atoms with Crippen LogP contribution in [0.2, 0.25) is 0 Å². The van der Waals surface area contributed by atoms with Gasteiger partial charge in [0.05, 0.1) is 0 Å². The van der Waals surface area contributed by atoms with Crippen molar-refractivity contribution in [1.29, 1.82) is 0 Å². The van der Waals surface area contributed by atoms with Crippen molar-refractivity contribution in [3.05, 3.63) is 23.3 Å². The number of fused-ring (bicyclic) bond motifs is 1. The molecule has 0 N–H and O–H groups in total. The molecule has 0 heterocycles. The maximum atomic E-state index is 11.6. The molecule has 2 aliphatic rings. The van der Waals surface area contributed by atoms with Crippen LogP contribution in [0.4, 0.5) is 0 Å². The number of hydrogen-bond acceptors (Lipinski definition) is 1. The van der Waals surface area contributed by atoms with E-state index in [9.17, 15) is 4.79 Å². The number of carbonyl (C=O) groups is 1. The van der Waals surface area contributed by atoms with Crippen LogP contribution in [0, 0.1) is 11.3 Å². The zero-order chi connectivity index (χ0) is 9.64. The van der Waals surface area contributed by atoms with Gasteiger partial charge in [0.2, 0.25) is 0 Å². The van der Waals surface area contributed by atoms with Crippen LogP contribution in [0.5, 0.6) is 0 Å². The monoisotopic (exact) mass is 176 g/mol. The number of hydrogen-bond donors (Lipinski definition) is 0. The fraction of sp³-hybridized carbons (Fsp3) is 0.583. The minimum Gasteiger partial charge on any atom is -0.295 e. The first-order valence-electron chi connectivity index (χ1n) is 4.94. The Morgan fingerprint density at radius 2 is 2.15 bits per heavy atom. The largest absolute Gasteiger partial charge is 0.295 e. The summed E-state index contributed by atoms with van der Waals surface area (Å²) < 4.78 is 0. The zero-order valence-electron chi connectivity index (χ0n) is 8.55. The van der Waals surface area contributed by atoms with Crippen molar-refractivity contribution in [3.8, 4) is 0 Å². The summed E-state index contributed by atoms with van der Waals surface area (Å²) in [5, 5.41) is 0. The van der Waals surface area contributed by atoms with Crippen LogP contribution >= 0.6 is 0 Å². The van der Waals surface area contributed by atoms with Crippen molar-refractivity contribution in [3.63, 3.8) is 0 Å². The average Bonchev–Trinajstić information content (AvgIpc) is 2.42. The number of ketones is 1. The second kappa shape index (κ2) is 2.57. The molecular formula is C12H16O. The highest BCUT2D eigenvalue weighted by Gasteiger charge is 2.39. The number of Topliss-reactive ketones (excluding diaryl/α,β-unsaturated/α-hetero) is 1. The molecule has 1 fully saturated rings. The lowest BCUT2D eigenvalue weighted by molar-refractivity contribution is -0.118. The summed E-state index contributed by atoms with van der Waals surface area (Å²) in [6, 6.07) is 0. The minimum atomic E-state index is 0.275. The smallest absolute Gasteiger partial charge is 0.159 e. The number of allylic oxidation sites excluding steroid dienone is 4. The van der Waals surface area contributed by atoms with Crippen molar-refractivity contribution in [1.82, 2.24) is 0 Å². The molecule has 1 heteroatoms. The van der Waals surface area contributed by atoms with E-state index in [0.29, 0.717) is 11.7 Å². The molecule has 2 rings (SSSR count). The van der Waals surface area contributed by atoms with E-state index < -0.39 is 0 Å². The van der Waals surface area contributed by atoms with Crippen LogP contribution in [-0.2, 0) is 4.79 Å². The minimum absolute atomic E-state index is 0.275. The molecule has 0 aromatic rings. The van der Waals surface area contributed by atoms with Crippen LogP contribution < -0.4 is 0 Å². The number of carbonyl (C=O) groups excluding carboxylic acids is 1. The average molecular weight is 176 g/mol. The van der Waals surface area contributed by atoms with Crippen molar-refractivity contribution >= 4 is 5.78 Å². The Balaban J connectivity index is 2.40. The second-order valence-electron chi connectivity index (χ2n) is 4.90. The van der Waals surface area contributed by atoms with E-state index in [1.165, 1.54) is 5.57 Å². The van der Waals surface area contributed by atoms with Gasteiger partial charge in [0, 0.05) is 17.9 Å². The molecule has 1 nitrogen and oxygen atoms in total. The Labute approximate surface area is 79.5 Å². The van der Waals surface area contributed by atoms with Crippen LogP contribution in [0.25, 0.3) is 0 Å². The van der Waals surface area contributed by atoms with Crippen LogP contribution in [0.3, 0.4) is 0 Å². The quantitative estimate of drug-likeness (QED) is 0.554. The molecule has 70 valence electrons. The highest BCUT2D eigenvalue weighted by molar-refractivity contribution is 5.98. The molecule has 1 unspecified atom stereocenters. The zero-order valence-corrected chi connectivity index (χ0v) is 8.55. The van der Waals surface area contributed by atoms with Gasteiger partial charge in [-0.2, -0.15) is 0 Å². The van der Waals surface area contributed by atoms with Crippen LogP contribution in [0.1, 0.15) is 33.6 Å². The summed E-state index contributed by atoms with van der Waals surface area (Å²) in [7, 11) is 0. The van der Waals surface area contributed by atoms with Crippen molar-refractivity contribution < 1.29 is 4.79 Å². The molecule has 1 saturated carbocycles. The molecule has 0 bridgehead atoms. The van der Waals surface area contributed by atoms with Gasteiger partial charge in [-0.15, -0.1) is 0 Å². The topological polar surface area (TPSA) is 17.1 Å². The Kier molecular flexibility index (Phi) is 1.73. The molecule has 0 aromatic carbocycles. The van der Waals surface area contributed by atoms with Gasteiger partial charge in [-0.25, -0.2) is 0 Å². The summed E-state index contributed by atoms with van der Waals surface area (Å²) >= 11 is 0. The Hall–Kier alpha value is -0.850. The van der Waals surface area contributed by atoms with Crippen LogP contribution in [-0.4, -0.2) is 5.78 Å². The fourth-order valence-electron chi connectivity index (χ4n) is 2.37. The van der Waals surface area contributed by atoms with E-state index in [0.717, 1.165) is 18.4 Å². The fourth-order valence-corrected chi connectivity index (χ4v) is 2.37. The van der Waals surface area contributed by atoms with Crippen molar-refractivity contribution in [2.24, 2.45) is 11.3 Å². The maximum absolute atomic E-state index is 11.6. The third-order valence-electron chi connectivity index (χ3n) is 3.31. The number of rotatable bonds is 0. The molecule has 0 aliphatic heterocycles. The Bertz CT molecular complexity index is 318. The lowest BCUT2D eigenvalue weighted by Crippen LogP contribution is -2.31. The predicted octanol–water partition coefficient (Wildman–Crippen LogP) is 2.88. The summed E-state index contributed by atoms with van der Waals surface area (Å²) in [6.45, 7) is 6.59. The maximum Gasteiger partial charge on any atom is 0.159 e. The van der Waals surface area contributed by atoms with Gasteiger partial charge in [0.1, 0.15) is 0 Å². The molecule has 13 heavy (non-hydrogen) atoms. The van der Waals surface area contributed by atoms with Gasteiger partial charge in [0.25, 0.3) is 0 Å². The van der Waals surface area contributed by atoms with Gasteiger partial charge in [-0.05, 0) is 18.8 Å². The SMILES string of the molecule is CC1=CC2C(=C1)C(=O)CCC2(C)C. The third-order valence-corrected chi connectivity index (χ3v) is 3.31. The molecule has 0 saturated heterocycles. The van der Waals surface area contributed by atoms with Gasteiger partial charge < -0.3 is 0 Å².